The van der Waals surface area contributed by atoms with Gasteiger partial charge in [0.2, 0.25) is 0 Å². The Kier molecular flexibility index (Phi) is 6.23. The van der Waals surface area contributed by atoms with Crippen molar-refractivity contribution in [2.24, 2.45) is 5.73 Å². The largest absolute Gasteiger partial charge is 0.329 e. The Morgan fingerprint density at radius 1 is 1.24 bits per heavy atom. The van der Waals surface area contributed by atoms with Gasteiger partial charge in [-0.05, 0) is 63.6 Å². The van der Waals surface area contributed by atoms with Crippen molar-refractivity contribution in [2.45, 2.75) is 38.3 Å². The maximum atomic E-state index is 6.17. The van der Waals surface area contributed by atoms with Gasteiger partial charge in [0.1, 0.15) is 0 Å². The minimum Gasteiger partial charge on any atom is -0.329 e. The van der Waals surface area contributed by atoms with Gasteiger partial charge in [-0.3, -0.25) is 4.90 Å². The van der Waals surface area contributed by atoms with Crippen LogP contribution >= 0.6 is 15.9 Å². The summed E-state index contributed by atoms with van der Waals surface area (Å²) in [6.45, 7) is 7.55. The molecule has 0 unspecified atom stereocenters. The third-order valence-electron chi connectivity index (χ3n) is 4.85. The molecule has 1 aromatic rings. The van der Waals surface area contributed by atoms with Gasteiger partial charge < -0.3 is 10.6 Å². The van der Waals surface area contributed by atoms with E-state index < -0.39 is 0 Å². The number of hydrogen-bond acceptors (Lipinski definition) is 3. The van der Waals surface area contributed by atoms with E-state index in [0.29, 0.717) is 0 Å². The Bertz CT molecular complexity index is 424. The number of nitrogens with two attached hydrogens (primary N) is 1. The summed E-state index contributed by atoms with van der Waals surface area (Å²) in [6, 6.07) is 8.61. The van der Waals surface area contributed by atoms with Gasteiger partial charge in [0, 0.05) is 23.1 Å². The summed E-state index contributed by atoms with van der Waals surface area (Å²) in [4.78, 5) is 5.04. The number of piperidine rings is 1. The Balaban J connectivity index is 1.98. The van der Waals surface area contributed by atoms with Crippen molar-refractivity contribution in [3.8, 4) is 0 Å². The molecule has 1 fully saturated rings. The first-order chi connectivity index (χ1) is 10.1. The highest BCUT2D eigenvalue weighted by Crippen LogP contribution is 2.28. The monoisotopic (exact) mass is 353 g/mol. The van der Waals surface area contributed by atoms with Gasteiger partial charge in [-0.2, -0.15) is 0 Å². The van der Waals surface area contributed by atoms with Crippen molar-refractivity contribution in [2.75, 3.05) is 33.2 Å². The second kappa shape index (κ2) is 7.73. The zero-order valence-corrected chi connectivity index (χ0v) is 14.9. The molecule has 1 heterocycles. The zero-order chi connectivity index (χ0) is 15.3. The number of hydrogen-bond donors (Lipinski definition) is 1. The lowest BCUT2D eigenvalue weighted by Gasteiger charge is -2.47. The molecule has 0 atom stereocenters. The molecule has 3 nitrogen and oxygen atoms in total. The molecule has 1 saturated heterocycles. The third-order valence-corrected chi connectivity index (χ3v) is 5.38. The Morgan fingerprint density at radius 2 is 1.86 bits per heavy atom. The first kappa shape index (κ1) is 16.9. The molecule has 1 aromatic carbocycles. The van der Waals surface area contributed by atoms with Gasteiger partial charge in [0.05, 0.1) is 0 Å². The highest BCUT2D eigenvalue weighted by Gasteiger charge is 2.36. The molecule has 2 rings (SSSR count). The maximum absolute atomic E-state index is 6.17. The van der Waals surface area contributed by atoms with Crippen LogP contribution in [0.25, 0.3) is 0 Å². The van der Waals surface area contributed by atoms with Crippen LogP contribution < -0.4 is 5.73 Å². The summed E-state index contributed by atoms with van der Waals surface area (Å²) in [7, 11) is 2.23. The van der Waals surface area contributed by atoms with E-state index in [2.05, 4.69) is 64.0 Å². The van der Waals surface area contributed by atoms with Crippen LogP contribution in [-0.4, -0.2) is 48.6 Å². The van der Waals surface area contributed by atoms with Crippen molar-refractivity contribution in [1.82, 2.24) is 9.80 Å². The first-order valence-electron chi connectivity index (χ1n) is 7.98. The topological polar surface area (TPSA) is 32.5 Å². The molecule has 0 radical (unpaired) electrons. The van der Waals surface area contributed by atoms with E-state index in [4.69, 9.17) is 5.73 Å². The summed E-state index contributed by atoms with van der Waals surface area (Å²) in [6.07, 6.45) is 3.59. The number of likely N-dealkylation sites (N-methyl/N-ethyl adjacent to an activating group) is 1. The van der Waals surface area contributed by atoms with Crippen LogP contribution in [-0.2, 0) is 6.54 Å². The van der Waals surface area contributed by atoms with E-state index in [9.17, 15) is 0 Å². The lowest BCUT2D eigenvalue weighted by Crippen LogP contribution is -2.57. The minimum atomic E-state index is 0.164. The van der Waals surface area contributed by atoms with Crippen molar-refractivity contribution in [3.63, 3.8) is 0 Å². The standard InChI is InChI=1S/C17H28BrN3/c1-3-10-21-11-8-17(14-19,9-12-21)20(2)13-15-4-6-16(18)7-5-15/h4-7H,3,8-14,19H2,1-2H3. The van der Waals surface area contributed by atoms with Crippen molar-refractivity contribution < 1.29 is 0 Å². The number of benzene rings is 1. The first-order valence-corrected chi connectivity index (χ1v) is 8.77. The van der Waals surface area contributed by atoms with Crippen LogP contribution in [0, 0.1) is 0 Å². The number of halogens is 1. The van der Waals surface area contributed by atoms with E-state index in [1.165, 1.54) is 44.5 Å². The SMILES string of the molecule is CCCN1CCC(CN)(N(C)Cc2ccc(Br)cc2)CC1. The fraction of sp³-hybridized carbons (Fsp3) is 0.647. The summed E-state index contributed by atoms with van der Waals surface area (Å²) in [5, 5.41) is 0. The molecular formula is C17H28BrN3. The smallest absolute Gasteiger partial charge is 0.0356 e. The predicted octanol–water partition coefficient (Wildman–Crippen LogP) is 3.08. The van der Waals surface area contributed by atoms with Crippen LogP contribution in [0.3, 0.4) is 0 Å². The molecule has 0 aliphatic carbocycles. The molecule has 0 amide bonds. The summed E-state index contributed by atoms with van der Waals surface area (Å²) >= 11 is 3.49. The van der Waals surface area contributed by atoms with Gasteiger partial charge in [-0.15, -0.1) is 0 Å². The fourth-order valence-corrected chi connectivity index (χ4v) is 3.55. The molecule has 118 valence electrons. The maximum Gasteiger partial charge on any atom is 0.0356 e. The van der Waals surface area contributed by atoms with Gasteiger partial charge in [-0.1, -0.05) is 35.0 Å². The van der Waals surface area contributed by atoms with E-state index >= 15 is 0 Å². The fourth-order valence-electron chi connectivity index (χ4n) is 3.28. The number of nitrogens with zero attached hydrogens (tertiary/aromatic N) is 2. The lowest BCUT2D eigenvalue weighted by molar-refractivity contribution is 0.0401. The number of rotatable bonds is 6. The van der Waals surface area contributed by atoms with Gasteiger partial charge >= 0.3 is 0 Å². The molecule has 0 bridgehead atoms. The summed E-state index contributed by atoms with van der Waals surface area (Å²) in [5.41, 5.74) is 7.68. The van der Waals surface area contributed by atoms with Gasteiger partial charge in [-0.25, -0.2) is 0 Å². The molecule has 4 heteroatoms. The van der Waals surface area contributed by atoms with Gasteiger partial charge in [0.25, 0.3) is 0 Å². The van der Waals surface area contributed by atoms with Crippen molar-refractivity contribution >= 4 is 15.9 Å². The average molecular weight is 354 g/mol. The van der Waals surface area contributed by atoms with E-state index in [1.54, 1.807) is 0 Å². The summed E-state index contributed by atoms with van der Waals surface area (Å²) in [5.74, 6) is 0. The van der Waals surface area contributed by atoms with Crippen LogP contribution in [0.1, 0.15) is 31.7 Å². The summed E-state index contributed by atoms with van der Waals surface area (Å²) < 4.78 is 1.13. The second-order valence-corrected chi connectivity index (χ2v) is 7.17. The minimum absolute atomic E-state index is 0.164. The number of likely N-dealkylation sites (tertiary alicyclic amines) is 1. The van der Waals surface area contributed by atoms with Crippen molar-refractivity contribution in [1.29, 1.82) is 0 Å². The quantitative estimate of drug-likeness (QED) is 0.852. The molecule has 2 N–H and O–H groups in total. The van der Waals surface area contributed by atoms with Crippen LogP contribution in [0.4, 0.5) is 0 Å². The Hall–Kier alpha value is -0.420. The zero-order valence-electron chi connectivity index (χ0n) is 13.3. The van der Waals surface area contributed by atoms with Crippen molar-refractivity contribution in [3.05, 3.63) is 34.3 Å². The molecule has 1 aliphatic rings. The van der Waals surface area contributed by atoms with Crippen LogP contribution in [0.2, 0.25) is 0 Å². The molecule has 1 aliphatic heterocycles. The van der Waals surface area contributed by atoms with Crippen LogP contribution in [0.5, 0.6) is 0 Å². The Morgan fingerprint density at radius 3 is 2.38 bits per heavy atom. The molecule has 0 spiro atoms. The molecular weight excluding hydrogens is 326 g/mol. The molecule has 0 saturated carbocycles. The average Bonchev–Trinajstić information content (AvgIpc) is 2.51. The highest BCUT2D eigenvalue weighted by atomic mass is 79.9. The molecule has 21 heavy (non-hydrogen) atoms. The van der Waals surface area contributed by atoms with E-state index in [-0.39, 0.29) is 5.54 Å². The Labute approximate surface area is 137 Å². The predicted molar refractivity (Wildman–Crippen MR) is 93.4 cm³/mol. The van der Waals surface area contributed by atoms with Crippen LogP contribution in [0.15, 0.2) is 28.7 Å². The normalized spacial score (nSPS) is 19.1. The molecule has 0 aromatic heterocycles. The third kappa shape index (κ3) is 4.28. The lowest BCUT2D eigenvalue weighted by atomic mass is 9.85. The second-order valence-electron chi connectivity index (χ2n) is 6.25. The van der Waals surface area contributed by atoms with Gasteiger partial charge in [0.15, 0.2) is 0 Å². The van der Waals surface area contributed by atoms with E-state index in [0.717, 1.165) is 17.6 Å². The van der Waals surface area contributed by atoms with E-state index in [1.807, 2.05) is 0 Å². The highest BCUT2D eigenvalue weighted by molar-refractivity contribution is 9.10.